The fraction of sp³-hybridized carbons (Fsp3) is 0.600. The van der Waals surface area contributed by atoms with Gasteiger partial charge in [0.05, 0.1) is 0 Å². The van der Waals surface area contributed by atoms with Crippen LogP contribution in [-0.2, 0) is 0 Å². The summed E-state index contributed by atoms with van der Waals surface area (Å²) in [5, 5.41) is 3.74. The summed E-state index contributed by atoms with van der Waals surface area (Å²) in [7, 11) is 4.28. The molecular weight excluding hydrogens is 240 g/mol. The maximum absolute atomic E-state index is 3.74. The number of fused-ring (bicyclic) bond motifs is 1. The van der Waals surface area contributed by atoms with Crippen LogP contribution in [0.5, 0.6) is 0 Å². The number of rotatable bonds is 5. The first-order valence-corrected chi connectivity index (χ1v) is 7.56. The third-order valence-electron chi connectivity index (χ3n) is 3.27. The molecule has 1 atom stereocenters. The Kier molecular flexibility index (Phi) is 4.36. The second kappa shape index (κ2) is 5.64. The Labute approximate surface area is 115 Å². The minimum atomic E-state index is 0.311. The van der Waals surface area contributed by atoms with Crippen LogP contribution in [0.4, 0.5) is 0 Å². The first-order chi connectivity index (χ1) is 8.48. The summed E-state index contributed by atoms with van der Waals surface area (Å²) in [4.78, 5) is 3.71. The number of thioether (sulfide) groups is 1. The van der Waals surface area contributed by atoms with Crippen molar-refractivity contribution in [1.29, 1.82) is 0 Å². The molecule has 1 aromatic rings. The number of nitrogens with zero attached hydrogens (tertiary/aromatic N) is 1. The lowest BCUT2D eigenvalue weighted by atomic mass is 9.92. The largest absolute Gasteiger partial charge is 0.309 e. The highest BCUT2D eigenvalue weighted by molar-refractivity contribution is 7.99. The van der Waals surface area contributed by atoms with E-state index >= 15 is 0 Å². The van der Waals surface area contributed by atoms with E-state index in [-0.39, 0.29) is 0 Å². The van der Waals surface area contributed by atoms with Gasteiger partial charge in [-0.15, -0.1) is 11.8 Å². The molecule has 2 rings (SSSR count). The average Bonchev–Trinajstić information content (AvgIpc) is 2.68. The van der Waals surface area contributed by atoms with Gasteiger partial charge >= 0.3 is 0 Å². The SMILES string of the molecule is CN(C)CC(C)(C)CNC1CSc2ccccc21. The molecule has 1 N–H and O–H groups in total. The molecule has 0 saturated heterocycles. The quantitative estimate of drug-likeness (QED) is 0.880. The first kappa shape index (κ1) is 13.9. The van der Waals surface area contributed by atoms with E-state index in [0.717, 1.165) is 18.8 Å². The zero-order valence-corrected chi connectivity index (χ0v) is 12.7. The molecule has 1 aliphatic heterocycles. The highest BCUT2D eigenvalue weighted by Crippen LogP contribution is 2.37. The maximum Gasteiger partial charge on any atom is 0.0426 e. The van der Waals surface area contributed by atoms with Crippen LogP contribution in [0.2, 0.25) is 0 Å². The van der Waals surface area contributed by atoms with Gasteiger partial charge in [-0.2, -0.15) is 0 Å². The Hall–Kier alpha value is -0.510. The van der Waals surface area contributed by atoms with Crippen LogP contribution < -0.4 is 5.32 Å². The summed E-state index contributed by atoms with van der Waals surface area (Å²) >= 11 is 1.97. The molecule has 0 fully saturated rings. The van der Waals surface area contributed by atoms with Crippen molar-refractivity contribution in [3.63, 3.8) is 0 Å². The van der Waals surface area contributed by atoms with E-state index in [4.69, 9.17) is 0 Å². The van der Waals surface area contributed by atoms with Crippen molar-refractivity contribution in [2.24, 2.45) is 5.41 Å². The monoisotopic (exact) mass is 264 g/mol. The number of nitrogens with one attached hydrogen (secondary N) is 1. The molecule has 0 spiro atoms. The second-order valence-electron chi connectivity index (χ2n) is 6.18. The lowest BCUT2D eigenvalue weighted by Crippen LogP contribution is -2.39. The number of hydrogen-bond acceptors (Lipinski definition) is 3. The van der Waals surface area contributed by atoms with E-state index in [1.54, 1.807) is 0 Å². The van der Waals surface area contributed by atoms with Crippen molar-refractivity contribution in [3.8, 4) is 0 Å². The van der Waals surface area contributed by atoms with E-state index in [1.165, 1.54) is 10.5 Å². The predicted octanol–water partition coefficient (Wildman–Crippen LogP) is 3.01. The van der Waals surface area contributed by atoms with Crippen LogP contribution >= 0.6 is 11.8 Å². The fourth-order valence-electron chi connectivity index (χ4n) is 2.64. The van der Waals surface area contributed by atoms with Crippen LogP contribution in [0.15, 0.2) is 29.2 Å². The van der Waals surface area contributed by atoms with E-state index in [1.807, 2.05) is 11.8 Å². The topological polar surface area (TPSA) is 15.3 Å². The summed E-state index contributed by atoms with van der Waals surface area (Å²) in [5.41, 5.74) is 1.79. The Bertz CT molecular complexity index is 401. The molecule has 0 bridgehead atoms. The average molecular weight is 264 g/mol. The minimum Gasteiger partial charge on any atom is -0.309 e. The zero-order chi connectivity index (χ0) is 13.2. The standard InChI is InChI=1S/C15H24N2S/c1-15(2,11-17(3)4)10-16-13-9-18-14-8-6-5-7-12(13)14/h5-8,13,16H,9-11H2,1-4H3. The van der Waals surface area contributed by atoms with E-state index in [9.17, 15) is 0 Å². The van der Waals surface area contributed by atoms with Crippen LogP contribution in [0.1, 0.15) is 25.5 Å². The third kappa shape index (κ3) is 3.50. The van der Waals surface area contributed by atoms with Crippen LogP contribution in [-0.4, -0.2) is 37.8 Å². The van der Waals surface area contributed by atoms with Gasteiger partial charge in [-0.1, -0.05) is 32.0 Å². The van der Waals surface area contributed by atoms with Crippen LogP contribution in [0.3, 0.4) is 0 Å². The predicted molar refractivity (Wildman–Crippen MR) is 80.2 cm³/mol. The molecular formula is C15H24N2S. The first-order valence-electron chi connectivity index (χ1n) is 6.58. The normalized spacial score (nSPS) is 19.3. The molecule has 1 unspecified atom stereocenters. The molecule has 1 aromatic carbocycles. The van der Waals surface area contributed by atoms with Crippen molar-refractivity contribution < 1.29 is 0 Å². The van der Waals surface area contributed by atoms with Crippen LogP contribution in [0.25, 0.3) is 0 Å². The van der Waals surface area contributed by atoms with Crippen molar-refractivity contribution in [2.75, 3.05) is 32.9 Å². The smallest absolute Gasteiger partial charge is 0.0426 e. The van der Waals surface area contributed by atoms with Gasteiger partial charge in [0.1, 0.15) is 0 Å². The van der Waals surface area contributed by atoms with E-state index < -0.39 is 0 Å². The summed E-state index contributed by atoms with van der Waals surface area (Å²) in [6.07, 6.45) is 0. The van der Waals surface area contributed by atoms with Crippen molar-refractivity contribution >= 4 is 11.8 Å². The highest BCUT2D eigenvalue weighted by atomic mass is 32.2. The van der Waals surface area contributed by atoms with Crippen molar-refractivity contribution in [2.45, 2.75) is 24.8 Å². The molecule has 0 amide bonds. The Morgan fingerprint density at radius 3 is 2.78 bits per heavy atom. The van der Waals surface area contributed by atoms with Gasteiger partial charge in [0.2, 0.25) is 0 Å². The zero-order valence-electron chi connectivity index (χ0n) is 11.9. The van der Waals surface area contributed by atoms with Gasteiger partial charge in [0.15, 0.2) is 0 Å². The lowest BCUT2D eigenvalue weighted by Gasteiger charge is -2.30. The number of hydrogen-bond donors (Lipinski definition) is 1. The summed E-state index contributed by atoms with van der Waals surface area (Å²) in [6.45, 7) is 6.83. The summed E-state index contributed by atoms with van der Waals surface area (Å²) in [5.74, 6) is 1.16. The van der Waals surface area contributed by atoms with Crippen molar-refractivity contribution in [1.82, 2.24) is 10.2 Å². The van der Waals surface area contributed by atoms with Gasteiger partial charge < -0.3 is 10.2 Å². The lowest BCUT2D eigenvalue weighted by molar-refractivity contribution is 0.227. The van der Waals surface area contributed by atoms with E-state index in [2.05, 4.69) is 62.4 Å². The second-order valence-corrected chi connectivity index (χ2v) is 7.25. The molecule has 0 radical (unpaired) electrons. The highest BCUT2D eigenvalue weighted by Gasteiger charge is 2.25. The van der Waals surface area contributed by atoms with Crippen molar-refractivity contribution in [3.05, 3.63) is 29.8 Å². The van der Waals surface area contributed by atoms with Gasteiger partial charge in [-0.05, 0) is 31.1 Å². The van der Waals surface area contributed by atoms with E-state index in [0.29, 0.717) is 11.5 Å². The molecule has 1 aliphatic rings. The maximum atomic E-state index is 3.74. The molecule has 0 saturated carbocycles. The Morgan fingerprint density at radius 1 is 1.33 bits per heavy atom. The molecule has 2 nitrogen and oxygen atoms in total. The molecule has 100 valence electrons. The molecule has 0 aromatic heterocycles. The summed E-state index contributed by atoms with van der Waals surface area (Å²) < 4.78 is 0. The van der Waals surface area contributed by atoms with Crippen LogP contribution in [0, 0.1) is 5.41 Å². The van der Waals surface area contributed by atoms with Gasteiger partial charge in [0.25, 0.3) is 0 Å². The van der Waals surface area contributed by atoms with Gasteiger partial charge in [0, 0.05) is 29.8 Å². The summed E-state index contributed by atoms with van der Waals surface area (Å²) in [6, 6.07) is 9.28. The number of benzene rings is 1. The molecule has 1 heterocycles. The Balaban J connectivity index is 1.92. The third-order valence-corrected chi connectivity index (χ3v) is 4.45. The molecule has 3 heteroatoms. The molecule has 18 heavy (non-hydrogen) atoms. The fourth-order valence-corrected chi connectivity index (χ4v) is 3.84. The van der Waals surface area contributed by atoms with Gasteiger partial charge in [-0.3, -0.25) is 0 Å². The minimum absolute atomic E-state index is 0.311. The Morgan fingerprint density at radius 2 is 2.06 bits per heavy atom. The van der Waals surface area contributed by atoms with Gasteiger partial charge in [-0.25, -0.2) is 0 Å². The molecule has 0 aliphatic carbocycles.